The molecule has 3 nitrogen and oxygen atoms in total. The first-order chi connectivity index (χ1) is 7.10. The Morgan fingerprint density at radius 3 is 2.67 bits per heavy atom. The van der Waals surface area contributed by atoms with Gasteiger partial charge in [0.05, 0.1) is 6.10 Å². The van der Waals surface area contributed by atoms with E-state index in [1.807, 2.05) is 39.0 Å². The minimum Gasteiger partial charge on any atom is -0.461 e. The predicted molar refractivity (Wildman–Crippen MR) is 58.5 cm³/mol. The number of esters is 1. The summed E-state index contributed by atoms with van der Waals surface area (Å²) in [5, 5.41) is 0. The van der Waals surface area contributed by atoms with Crippen LogP contribution in [0.3, 0.4) is 0 Å². The molecule has 0 saturated carbocycles. The van der Waals surface area contributed by atoms with Crippen LogP contribution in [0, 0.1) is 0 Å². The maximum atomic E-state index is 11.9. The molecule has 1 rings (SSSR count). The molecule has 0 radical (unpaired) electrons. The zero-order chi connectivity index (χ0) is 11.3. The predicted octanol–water partition coefficient (Wildman–Crippen LogP) is 2.23. The smallest absolute Gasteiger partial charge is 0.343 e. The van der Waals surface area contributed by atoms with Gasteiger partial charge in [-0.15, -0.1) is 0 Å². The third kappa shape index (κ3) is 2.93. The maximum absolute atomic E-state index is 11.9. The topological polar surface area (TPSA) is 35.5 Å². The fourth-order valence-electron chi connectivity index (χ4n) is 1.49. The van der Waals surface area contributed by atoms with E-state index in [0.29, 0.717) is 13.0 Å². The number of allylic oxidation sites excluding steroid dienone is 2. The van der Waals surface area contributed by atoms with Crippen molar-refractivity contribution in [1.82, 2.24) is 0 Å². The zero-order valence-electron chi connectivity index (χ0n) is 9.53. The molecule has 1 aliphatic rings. The number of rotatable bonds is 4. The Balaban J connectivity index is 2.77. The molecule has 0 aliphatic heterocycles. The molecular formula is C12H18O3. The van der Waals surface area contributed by atoms with Crippen molar-refractivity contribution in [3.8, 4) is 0 Å². The van der Waals surface area contributed by atoms with Crippen LogP contribution in [0.4, 0.5) is 0 Å². The summed E-state index contributed by atoms with van der Waals surface area (Å²) in [5.74, 6) is -0.306. The van der Waals surface area contributed by atoms with E-state index >= 15 is 0 Å². The van der Waals surface area contributed by atoms with Gasteiger partial charge in [0.2, 0.25) is 0 Å². The third-order valence-electron chi connectivity index (χ3n) is 2.12. The second-order valence-corrected chi connectivity index (χ2v) is 3.77. The second kappa shape index (κ2) is 5.12. The van der Waals surface area contributed by atoms with Crippen molar-refractivity contribution >= 4 is 5.97 Å². The van der Waals surface area contributed by atoms with Gasteiger partial charge < -0.3 is 9.47 Å². The van der Waals surface area contributed by atoms with E-state index in [9.17, 15) is 4.79 Å². The van der Waals surface area contributed by atoms with Crippen LogP contribution in [0.1, 0.15) is 27.2 Å². The third-order valence-corrected chi connectivity index (χ3v) is 2.12. The van der Waals surface area contributed by atoms with E-state index in [0.717, 1.165) is 0 Å². The SMILES string of the molecule is CCOC1(C(=O)OC(C)C)C=CC=CC1. The summed E-state index contributed by atoms with van der Waals surface area (Å²) in [6.45, 7) is 6.03. The minimum atomic E-state index is -0.909. The molecule has 0 heterocycles. The molecule has 0 aromatic heterocycles. The molecule has 1 unspecified atom stereocenters. The van der Waals surface area contributed by atoms with Crippen molar-refractivity contribution in [3.05, 3.63) is 24.3 Å². The molecule has 0 aromatic rings. The highest BCUT2D eigenvalue weighted by Crippen LogP contribution is 2.24. The Bertz CT molecular complexity index is 279. The number of hydrogen-bond acceptors (Lipinski definition) is 3. The lowest BCUT2D eigenvalue weighted by Crippen LogP contribution is -2.42. The Labute approximate surface area is 90.8 Å². The molecule has 3 heteroatoms. The highest BCUT2D eigenvalue weighted by atomic mass is 16.6. The minimum absolute atomic E-state index is 0.117. The molecule has 0 fully saturated rings. The van der Waals surface area contributed by atoms with E-state index in [-0.39, 0.29) is 12.1 Å². The van der Waals surface area contributed by atoms with Crippen LogP contribution in [-0.2, 0) is 14.3 Å². The fraction of sp³-hybridized carbons (Fsp3) is 0.583. The van der Waals surface area contributed by atoms with Gasteiger partial charge in [-0.1, -0.05) is 18.2 Å². The van der Waals surface area contributed by atoms with E-state index < -0.39 is 5.60 Å². The Morgan fingerprint density at radius 2 is 2.20 bits per heavy atom. The standard InChI is InChI=1S/C12H18O3/c1-4-14-12(8-6-5-7-9-12)11(13)15-10(2)3/h5-8,10H,4,9H2,1-3H3. The van der Waals surface area contributed by atoms with Crippen LogP contribution in [0.25, 0.3) is 0 Å². The van der Waals surface area contributed by atoms with Crippen molar-refractivity contribution in [2.75, 3.05) is 6.61 Å². The average Bonchev–Trinajstić information content (AvgIpc) is 2.18. The molecule has 1 aliphatic carbocycles. The first kappa shape index (κ1) is 12.0. The first-order valence-electron chi connectivity index (χ1n) is 5.30. The first-order valence-corrected chi connectivity index (χ1v) is 5.30. The summed E-state index contributed by atoms with van der Waals surface area (Å²) in [7, 11) is 0. The summed E-state index contributed by atoms with van der Waals surface area (Å²) < 4.78 is 10.7. The van der Waals surface area contributed by atoms with Crippen molar-refractivity contribution in [3.63, 3.8) is 0 Å². The van der Waals surface area contributed by atoms with Crippen LogP contribution >= 0.6 is 0 Å². The zero-order valence-corrected chi connectivity index (χ0v) is 9.53. The van der Waals surface area contributed by atoms with Crippen LogP contribution in [-0.4, -0.2) is 24.3 Å². The van der Waals surface area contributed by atoms with Gasteiger partial charge in [-0.25, -0.2) is 4.79 Å². The van der Waals surface area contributed by atoms with E-state index in [1.165, 1.54) is 0 Å². The lowest BCUT2D eigenvalue weighted by molar-refractivity contribution is -0.169. The number of ether oxygens (including phenoxy) is 2. The average molecular weight is 210 g/mol. The molecule has 0 saturated heterocycles. The molecule has 84 valence electrons. The monoisotopic (exact) mass is 210 g/mol. The normalized spacial score (nSPS) is 24.5. The van der Waals surface area contributed by atoms with Gasteiger partial charge in [-0.05, 0) is 26.8 Å². The van der Waals surface area contributed by atoms with Crippen LogP contribution in [0.5, 0.6) is 0 Å². The van der Waals surface area contributed by atoms with E-state index in [4.69, 9.17) is 9.47 Å². The van der Waals surface area contributed by atoms with Gasteiger partial charge in [0.1, 0.15) is 0 Å². The van der Waals surface area contributed by atoms with Gasteiger partial charge in [-0.2, -0.15) is 0 Å². The Kier molecular flexibility index (Phi) is 4.09. The second-order valence-electron chi connectivity index (χ2n) is 3.77. The summed E-state index contributed by atoms with van der Waals surface area (Å²) in [5.41, 5.74) is -0.909. The molecule has 0 amide bonds. The van der Waals surface area contributed by atoms with Crippen molar-refractivity contribution in [2.24, 2.45) is 0 Å². The van der Waals surface area contributed by atoms with Crippen LogP contribution in [0.2, 0.25) is 0 Å². The highest BCUT2D eigenvalue weighted by molar-refractivity contribution is 5.83. The molecule has 1 atom stereocenters. The van der Waals surface area contributed by atoms with Crippen LogP contribution in [0.15, 0.2) is 24.3 Å². The van der Waals surface area contributed by atoms with Gasteiger partial charge in [0.15, 0.2) is 5.60 Å². The number of carbonyl (C=O) groups is 1. The Hall–Kier alpha value is -1.09. The van der Waals surface area contributed by atoms with E-state index in [2.05, 4.69) is 0 Å². The summed E-state index contributed by atoms with van der Waals surface area (Å²) >= 11 is 0. The summed E-state index contributed by atoms with van der Waals surface area (Å²) in [4.78, 5) is 11.9. The van der Waals surface area contributed by atoms with Crippen molar-refractivity contribution in [1.29, 1.82) is 0 Å². The molecule has 0 aromatic carbocycles. The molecular weight excluding hydrogens is 192 g/mol. The molecule has 0 spiro atoms. The van der Waals surface area contributed by atoms with E-state index in [1.54, 1.807) is 6.08 Å². The van der Waals surface area contributed by atoms with Gasteiger partial charge in [-0.3, -0.25) is 0 Å². The highest BCUT2D eigenvalue weighted by Gasteiger charge is 2.38. The largest absolute Gasteiger partial charge is 0.461 e. The van der Waals surface area contributed by atoms with Crippen molar-refractivity contribution < 1.29 is 14.3 Å². The van der Waals surface area contributed by atoms with Crippen LogP contribution < -0.4 is 0 Å². The quantitative estimate of drug-likeness (QED) is 0.667. The molecule has 0 bridgehead atoms. The lowest BCUT2D eigenvalue weighted by Gasteiger charge is -2.29. The van der Waals surface area contributed by atoms with Crippen molar-refractivity contribution in [2.45, 2.75) is 38.9 Å². The van der Waals surface area contributed by atoms with Gasteiger partial charge in [0, 0.05) is 13.0 Å². The summed E-state index contributed by atoms with van der Waals surface area (Å²) in [6.07, 6.45) is 7.83. The van der Waals surface area contributed by atoms with Gasteiger partial charge >= 0.3 is 5.97 Å². The lowest BCUT2D eigenvalue weighted by atomic mass is 9.95. The number of hydrogen-bond donors (Lipinski definition) is 0. The fourth-order valence-corrected chi connectivity index (χ4v) is 1.49. The molecule has 15 heavy (non-hydrogen) atoms. The van der Waals surface area contributed by atoms with Gasteiger partial charge in [0.25, 0.3) is 0 Å². The maximum Gasteiger partial charge on any atom is 0.343 e. The molecule has 0 N–H and O–H groups in total. The summed E-state index contributed by atoms with van der Waals surface area (Å²) in [6, 6.07) is 0. The Morgan fingerprint density at radius 1 is 1.47 bits per heavy atom. The number of carbonyl (C=O) groups excluding carboxylic acids is 1.